The second-order valence-electron chi connectivity index (χ2n) is 2.91. The summed E-state index contributed by atoms with van der Waals surface area (Å²) in [5.41, 5.74) is 0.565. The number of nitrogens with one attached hydrogen (secondary N) is 1. The number of aldehydes is 1. The number of hydrogen-bond acceptors (Lipinski definition) is 4. The first kappa shape index (κ1) is 12.4. The third kappa shape index (κ3) is 4.27. The number of benzene rings is 1. The number of thioether (sulfide) groups is 1. The first-order valence-corrected chi connectivity index (χ1v) is 5.65. The average molecular weight is 237 g/mol. The van der Waals surface area contributed by atoms with Crippen LogP contribution in [0.25, 0.3) is 0 Å². The molecule has 0 atom stereocenters. The minimum absolute atomic E-state index is 0.0150. The molecule has 0 heterocycles. The zero-order chi connectivity index (χ0) is 11.8. The maximum absolute atomic E-state index is 11.5. The molecule has 1 amide bonds. The molecule has 1 aromatic rings. The quantitative estimate of drug-likeness (QED) is 0.772. The molecular weight excluding hydrogens is 226 g/mol. The summed E-state index contributed by atoms with van der Waals surface area (Å²) in [5.74, 6) is -0.289. The maximum atomic E-state index is 11.5. The molecule has 5 heteroatoms. The Hall–Kier alpha value is -1.62. The fourth-order valence-electron chi connectivity index (χ4n) is 0.995. The molecule has 0 saturated carbocycles. The summed E-state index contributed by atoms with van der Waals surface area (Å²) in [4.78, 5) is 32.6. The van der Waals surface area contributed by atoms with Gasteiger partial charge in [-0.1, -0.05) is 42.1 Å². The molecule has 0 aromatic heterocycles. The summed E-state index contributed by atoms with van der Waals surface area (Å²) in [6.45, 7) is -0.0150. The summed E-state index contributed by atoms with van der Waals surface area (Å²) in [6, 6.07) is 8.73. The van der Waals surface area contributed by atoms with Crippen LogP contribution >= 0.6 is 11.8 Å². The third-order valence-corrected chi connectivity index (χ3v) is 2.63. The Morgan fingerprint density at radius 2 is 1.94 bits per heavy atom. The van der Waals surface area contributed by atoms with Gasteiger partial charge in [-0.05, 0) is 0 Å². The van der Waals surface area contributed by atoms with Crippen molar-refractivity contribution in [3.63, 3.8) is 0 Å². The predicted octanol–water partition coefficient (Wildman–Crippen LogP) is 0.875. The van der Waals surface area contributed by atoms with E-state index in [0.717, 1.165) is 11.8 Å². The molecule has 0 spiro atoms. The molecule has 1 aromatic carbocycles. The van der Waals surface area contributed by atoms with E-state index in [1.807, 2.05) is 6.07 Å². The van der Waals surface area contributed by atoms with E-state index in [9.17, 15) is 14.4 Å². The summed E-state index contributed by atoms with van der Waals surface area (Å²) in [7, 11) is 0. The number of carbonyl (C=O) groups excluding carboxylic acids is 3. The first-order chi connectivity index (χ1) is 7.74. The molecule has 4 nitrogen and oxygen atoms in total. The maximum Gasteiger partial charge on any atom is 0.230 e. The van der Waals surface area contributed by atoms with Gasteiger partial charge in [0, 0.05) is 5.56 Å². The van der Waals surface area contributed by atoms with E-state index in [1.54, 1.807) is 24.3 Å². The molecular formula is C11H11NO3S. The van der Waals surface area contributed by atoms with E-state index in [0.29, 0.717) is 11.8 Å². The zero-order valence-electron chi connectivity index (χ0n) is 8.51. The third-order valence-electron chi connectivity index (χ3n) is 1.73. The summed E-state index contributed by atoms with van der Waals surface area (Å²) < 4.78 is 0. The Bertz CT molecular complexity index is 378. The van der Waals surface area contributed by atoms with Crippen LogP contribution in [-0.2, 0) is 9.59 Å². The van der Waals surface area contributed by atoms with Crippen LogP contribution in [0.15, 0.2) is 30.3 Å². The lowest BCUT2D eigenvalue weighted by atomic mass is 10.2. The van der Waals surface area contributed by atoms with Crippen LogP contribution in [0.2, 0.25) is 0 Å². The van der Waals surface area contributed by atoms with E-state index in [4.69, 9.17) is 0 Å². The van der Waals surface area contributed by atoms with E-state index >= 15 is 0 Å². The molecule has 16 heavy (non-hydrogen) atoms. The topological polar surface area (TPSA) is 63.2 Å². The Balaban J connectivity index is 2.36. The molecule has 0 aliphatic heterocycles. The molecule has 0 unspecified atom stereocenters. The largest absolute Gasteiger partial charge is 0.349 e. The summed E-state index contributed by atoms with van der Waals surface area (Å²) in [6.07, 6.45) is 0.599. The number of carbonyl (C=O) groups is 3. The van der Waals surface area contributed by atoms with Crippen LogP contribution in [-0.4, -0.2) is 29.6 Å². The number of amides is 1. The van der Waals surface area contributed by atoms with Gasteiger partial charge in [-0.25, -0.2) is 0 Å². The lowest BCUT2D eigenvalue weighted by Crippen LogP contribution is -2.27. The van der Waals surface area contributed by atoms with Crippen LogP contribution in [0.5, 0.6) is 0 Å². The van der Waals surface area contributed by atoms with Crippen molar-refractivity contribution in [1.29, 1.82) is 0 Å². The van der Waals surface area contributed by atoms with Crippen molar-refractivity contribution in [2.75, 3.05) is 12.3 Å². The van der Waals surface area contributed by atoms with Crippen molar-refractivity contribution >= 4 is 29.1 Å². The normalized spacial score (nSPS) is 9.50. The van der Waals surface area contributed by atoms with Crippen LogP contribution in [0, 0.1) is 0 Å². The lowest BCUT2D eigenvalue weighted by Gasteiger charge is -2.01. The smallest absolute Gasteiger partial charge is 0.230 e. The Morgan fingerprint density at radius 1 is 1.25 bits per heavy atom. The number of hydrogen-bond donors (Lipinski definition) is 1. The minimum Gasteiger partial charge on any atom is -0.349 e. The Kier molecular flexibility index (Phi) is 5.28. The van der Waals surface area contributed by atoms with Crippen molar-refractivity contribution in [3.8, 4) is 0 Å². The van der Waals surface area contributed by atoms with E-state index in [-0.39, 0.29) is 23.3 Å². The van der Waals surface area contributed by atoms with Crippen molar-refractivity contribution in [2.45, 2.75) is 0 Å². The standard InChI is InChI=1S/C11H11NO3S/c13-7-6-12-10(14)8-16-11(15)9-4-2-1-3-5-9/h1-5,7H,6,8H2,(H,12,14). The van der Waals surface area contributed by atoms with Crippen molar-refractivity contribution < 1.29 is 14.4 Å². The SMILES string of the molecule is O=CCNC(=O)CSC(=O)c1ccccc1. The minimum atomic E-state index is -0.318. The van der Waals surface area contributed by atoms with E-state index < -0.39 is 0 Å². The highest BCUT2D eigenvalue weighted by Crippen LogP contribution is 2.11. The molecule has 1 N–H and O–H groups in total. The van der Waals surface area contributed by atoms with Crippen LogP contribution in [0.3, 0.4) is 0 Å². The Labute approximate surface area is 97.4 Å². The highest BCUT2D eigenvalue weighted by Gasteiger charge is 2.08. The van der Waals surface area contributed by atoms with Crippen molar-refractivity contribution in [2.24, 2.45) is 0 Å². The number of rotatable bonds is 5. The van der Waals surface area contributed by atoms with Crippen LogP contribution in [0.4, 0.5) is 0 Å². The second kappa shape index (κ2) is 6.79. The summed E-state index contributed by atoms with van der Waals surface area (Å²) in [5, 5.41) is 2.21. The van der Waals surface area contributed by atoms with Gasteiger partial charge >= 0.3 is 0 Å². The zero-order valence-corrected chi connectivity index (χ0v) is 9.33. The van der Waals surface area contributed by atoms with Crippen LogP contribution in [0.1, 0.15) is 10.4 Å². The van der Waals surface area contributed by atoms with Gasteiger partial charge in [0.05, 0.1) is 12.3 Å². The van der Waals surface area contributed by atoms with Gasteiger partial charge in [-0.3, -0.25) is 9.59 Å². The first-order valence-electron chi connectivity index (χ1n) is 4.66. The fraction of sp³-hybridized carbons (Fsp3) is 0.182. The van der Waals surface area contributed by atoms with Gasteiger partial charge in [0.1, 0.15) is 6.29 Å². The monoisotopic (exact) mass is 237 g/mol. The highest BCUT2D eigenvalue weighted by molar-refractivity contribution is 8.14. The molecule has 0 aliphatic carbocycles. The van der Waals surface area contributed by atoms with Gasteiger partial charge in [-0.2, -0.15) is 0 Å². The van der Waals surface area contributed by atoms with E-state index in [1.165, 1.54) is 0 Å². The molecule has 1 rings (SSSR count). The predicted molar refractivity (Wildman–Crippen MR) is 62.3 cm³/mol. The molecule has 0 aliphatic rings. The van der Waals surface area contributed by atoms with Crippen molar-refractivity contribution in [1.82, 2.24) is 5.32 Å². The average Bonchev–Trinajstić information content (AvgIpc) is 2.34. The van der Waals surface area contributed by atoms with Gasteiger partial charge in [0.15, 0.2) is 0 Å². The van der Waals surface area contributed by atoms with E-state index in [2.05, 4.69) is 5.32 Å². The lowest BCUT2D eigenvalue weighted by molar-refractivity contribution is -0.120. The van der Waals surface area contributed by atoms with Gasteiger partial charge in [0.25, 0.3) is 0 Å². The Morgan fingerprint density at radius 3 is 2.56 bits per heavy atom. The van der Waals surface area contributed by atoms with Gasteiger partial charge < -0.3 is 10.1 Å². The van der Waals surface area contributed by atoms with Gasteiger partial charge in [0.2, 0.25) is 11.0 Å². The molecule has 0 bridgehead atoms. The van der Waals surface area contributed by atoms with Crippen molar-refractivity contribution in [3.05, 3.63) is 35.9 Å². The van der Waals surface area contributed by atoms with Crippen LogP contribution < -0.4 is 5.32 Å². The summed E-state index contributed by atoms with van der Waals surface area (Å²) >= 11 is 0.921. The van der Waals surface area contributed by atoms with Gasteiger partial charge in [-0.15, -0.1) is 0 Å². The molecule has 0 saturated heterocycles. The highest BCUT2D eigenvalue weighted by atomic mass is 32.2. The molecule has 84 valence electrons. The molecule has 0 radical (unpaired) electrons. The second-order valence-corrected chi connectivity index (χ2v) is 3.86. The molecule has 0 fully saturated rings. The fourth-order valence-corrected chi connectivity index (χ4v) is 1.66.